The fourth-order valence-corrected chi connectivity index (χ4v) is 4.95. The van der Waals surface area contributed by atoms with Crippen LogP contribution < -0.4 is 11.1 Å². The van der Waals surface area contributed by atoms with Gasteiger partial charge < -0.3 is 11.1 Å². The molecule has 40 heavy (non-hydrogen) atoms. The number of aromatic nitrogens is 2. The Bertz CT molecular complexity index is 1870. The van der Waals surface area contributed by atoms with Crippen molar-refractivity contribution < 1.29 is 18.0 Å². The second-order valence-electron chi connectivity index (χ2n) is 9.39. The monoisotopic (exact) mass is 536 g/mol. The highest BCUT2D eigenvalue weighted by Crippen LogP contribution is 2.39. The van der Waals surface area contributed by atoms with E-state index < -0.39 is 11.9 Å². The van der Waals surface area contributed by atoms with Crippen LogP contribution in [0.25, 0.3) is 49.6 Å². The fraction of sp³-hybridized carbons (Fsp3) is 0.0625. The Morgan fingerprint density at radius 1 is 0.775 bits per heavy atom. The summed E-state index contributed by atoms with van der Waals surface area (Å²) in [4.78, 5) is 11.6. The van der Waals surface area contributed by atoms with Crippen molar-refractivity contribution >= 4 is 33.1 Å². The lowest BCUT2D eigenvalue weighted by molar-refractivity contribution is -0.141. The number of carbonyl (C=O) groups is 1. The molecule has 0 aliphatic rings. The second-order valence-corrected chi connectivity index (χ2v) is 9.39. The van der Waals surface area contributed by atoms with E-state index >= 15 is 0 Å². The van der Waals surface area contributed by atoms with Gasteiger partial charge in [0.2, 0.25) is 5.91 Å². The molecule has 0 atom stereocenters. The Balaban J connectivity index is 1.48. The van der Waals surface area contributed by atoms with E-state index in [9.17, 15) is 18.0 Å². The SMILES string of the molecule is NCC(=O)Nc1ccc(-n2nc(C(F)(F)F)cc2-c2ccccc2-c2ccc3c(ccc4ccccc43)c2)cc1. The van der Waals surface area contributed by atoms with Gasteiger partial charge in [0, 0.05) is 11.3 Å². The molecule has 0 aliphatic heterocycles. The number of nitrogens with two attached hydrogens (primary N) is 1. The van der Waals surface area contributed by atoms with Crippen LogP contribution >= 0.6 is 0 Å². The maximum atomic E-state index is 13.8. The van der Waals surface area contributed by atoms with Gasteiger partial charge in [-0.05, 0) is 69.1 Å². The molecule has 198 valence electrons. The summed E-state index contributed by atoms with van der Waals surface area (Å²) in [7, 11) is 0. The van der Waals surface area contributed by atoms with Crippen LogP contribution in [0.4, 0.5) is 18.9 Å². The topological polar surface area (TPSA) is 72.9 Å². The number of halogens is 3. The highest BCUT2D eigenvalue weighted by molar-refractivity contribution is 6.08. The van der Waals surface area contributed by atoms with Gasteiger partial charge in [-0.1, -0.05) is 72.8 Å². The van der Waals surface area contributed by atoms with Crippen molar-refractivity contribution in [2.45, 2.75) is 6.18 Å². The number of hydrogen-bond donors (Lipinski definition) is 2. The van der Waals surface area contributed by atoms with Gasteiger partial charge in [0.05, 0.1) is 17.9 Å². The molecule has 0 bridgehead atoms. The minimum Gasteiger partial charge on any atom is -0.325 e. The number of alkyl halides is 3. The van der Waals surface area contributed by atoms with E-state index in [1.54, 1.807) is 36.4 Å². The van der Waals surface area contributed by atoms with Crippen molar-refractivity contribution in [1.82, 2.24) is 9.78 Å². The molecule has 3 N–H and O–H groups in total. The lowest BCUT2D eigenvalue weighted by Crippen LogP contribution is -2.21. The number of amides is 1. The zero-order valence-corrected chi connectivity index (χ0v) is 21.1. The number of carbonyl (C=O) groups excluding carboxylic acids is 1. The number of nitrogens with zero attached hydrogens (tertiary/aromatic N) is 2. The summed E-state index contributed by atoms with van der Waals surface area (Å²) in [6.45, 7) is -0.179. The molecule has 0 spiro atoms. The largest absolute Gasteiger partial charge is 0.435 e. The third-order valence-electron chi connectivity index (χ3n) is 6.84. The van der Waals surface area contributed by atoms with Gasteiger partial charge in [-0.25, -0.2) is 4.68 Å². The van der Waals surface area contributed by atoms with Crippen LogP contribution in [0.2, 0.25) is 0 Å². The number of anilines is 1. The Morgan fingerprint density at radius 3 is 2.20 bits per heavy atom. The first-order valence-electron chi connectivity index (χ1n) is 12.6. The number of hydrogen-bond acceptors (Lipinski definition) is 3. The molecule has 0 saturated heterocycles. The third-order valence-corrected chi connectivity index (χ3v) is 6.84. The molecule has 5 nitrogen and oxygen atoms in total. The molecule has 0 unspecified atom stereocenters. The first-order chi connectivity index (χ1) is 19.3. The van der Waals surface area contributed by atoms with Crippen molar-refractivity contribution in [2.24, 2.45) is 5.73 Å². The normalized spacial score (nSPS) is 11.7. The van der Waals surface area contributed by atoms with Gasteiger partial charge in [0.25, 0.3) is 0 Å². The summed E-state index contributed by atoms with van der Waals surface area (Å²) in [6, 6.07) is 33.2. The van der Waals surface area contributed by atoms with Gasteiger partial charge in [-0.2, -0.15) is 18.3 Å². The smallest absolute Gasteiger partial charge is 0.325 e. The number of fused-ring (bicyclic) bond motifs is 3. The van der Waals surface area contributed by atoms with E-state index in [2.05, 4.69) is 46.8 Å². The van der Waals surface area contributed by atoms with Crippen molar-refractivity contribution in [3.05, 3.63) is 115 Å². The van der Waals surface area contributed by atoms with Crippen LogP contribution in [-0.4, -0.2) is 22.2 Å². The van der Waals surface area contributed by atoms with Crippen molar-refractivity contribution in [3.63, 3.8) is 0 Å². The first-order valence-corrected chi connectivity index (χ1v) is 12.6. The summed E-state index contributed by atoms with van der Waals surface area (Å²) >= 11 is 0. The minimum absolute atomic E-state index is 0.179. The van der Waals surface area contributed by atoms with Crippen LogP contribution in [-0.2, 0) is 11.0 Å². The molecule has 1 amide bonds. The standard InChI is InChI=1S/C32H23F3N4O/c33-32(34,35)30-18-29(39(38-30)24-14-12-23(13-15-24)37-31(40)19-36)28-8-4-3-7-26(28)22-11-16-27-21(17-22)10-9-20-5-1-2-6-25(20)27/h1-18H,19,36H2,(H,37,40). The predicted octanol–water partition coefficient (Wildman–Crippen LogP) is 7.43. The average molecular weight is 537 g/mol. The van der Waals surface area contributed by atoms with E-state index in [4.69, 9.17) is 5.73 Å². The van der Waals surface area contributed by atoms with Gasteiger partial charge in [-0.3, -0.25) is 4.79 Å². The highest BCUT2D eigenvalue weighted by Gasteiger charge is 2.35. The van der Waals surface area contributed by atoms with Crippen LogP contribution in [0, 0.1) is 0 Å². The van der Waals surface area contributed by atoms with Crippen LogP contribution in [0.15, 0.2) is 109 Å². The molecule has 6 aromatic rings. The molecule has 0 fully saturated rings. The predicted molar refractivity (Wildman–Crippen MR) is 152 cm³/mol. The maximum Gasteiger partial charge on any atom is 0.435 e. The molecule has 1 heterocycles. The molecule has 0 aliphatic carbocycles. The van der Waals surface area contributed by atoms with Crippen LogP contribution in [0.5, 0.6) is 0 Å². The summed E-state index contributed by atoms with van der Waals surface area (Å²) in [6.07, 6.45) is -4.63. The van der Waals surface area contributed by atoms with E-state index in [1.165, 1.54) is 4.68 Å². The van der Waals surface area contributed by atoms with E-state index in [0.29, 0.717) is 22.6 Å². The van der Waals surface area contributed by atoms with E-state index in [-0.39, 0.29) is 12.5 Å². The molecule has 0 radical (unpaired) electrons. The Hall–Kier alpha value is -4.95. The lowest BCUT2D eigenvalue weighted by Gasteiger charge is -2.14. The van der Waals surface area contributed by atoms with Gasteiger partial charge in [0.15, 0.2) is 5.69 Å². The second kappa shape index (κ2) is 9.98. The average Bonchev–Trinajstić information content (AvgIpc) is 3.43. The molecule has 0 saturated carbocycles. The summed E-state index contributed by atoms with van der Waals surface area (Å²) in [5.74, 6) is -0.371. The highest BCUT2D eigenvalue weighted by atomic mass is 19.4. The van der Waals surface area contributed by atoms with E-state index in [1.807, 2.05) is 30.3 Å². The maximum absolute atomic E-state index is 13.8. The summed E-state index contributed by atoms with van der Waals surface area (Å²) in [5, 5.41) is 11.0. The molecule has 6 rings (SSSR count). The van der Waals surface area contributed by atoms with Crippen molar-refractivity contribution in [3.8, 4) is 28.1 Å². The van der Waals surface area contributed by atoms with Crippen molar-refractivity contribution in [1.29, 1.82) is 0 Å². The number of nitrogens with one attached hydrogen (secondary N) is 1. The number of benzene rings is 5. The molecular formula is C32H23F3N4O. The zero-order valence-electron chi connectivity index (χ0n) is 21.1. The van der Waals surface area contributed by atoms with Gasteiger partial charge in [-0.15, -0.1) is 0 Å². The lowest BCUT2D eigenvalue weighted by atomic mass is 9.94. The summed E-state index contributed by atoms with van der Waals surface area (Å²) in [5.41, 5.74) is 7.79. The Morgan fingerprint density at radius 2 is 1.45 bits per heavy atom. The summed E-state index contributed by atoms with van der Waals surface area (Å²) < 4.78 is 42.8. The van der Waals surface area contributed by atoms with Gasteiger partial charge >= 0.3 is 6.18 Å². The van der Waals surface area contributed by atoms with E-state index in [0.717, 1.165) is 38.7 Å². The Labute approximate surface area is 227 Å². The first kappa shape index (κ1) is 25.3. The van der Waals surface area contributed by atoms with Gasteiger partial charge in [0.1, 0.15) is 0 Å². The quantitative estimate of drug-likeness (QED) is 0.225. The molecular weight excluding hydrogens is 513 g/mol. The minimum atomic E-state index is -4.63. The molecule has 1 aromatic heterocycles. The zero-order chi connectivity index (χ0) is 27.9. The third kappa shape index (κ3) is 4.69. The molecule has 5 aromatic carbocycles. The fourth-order valence-electron chi connectivity index (χ4n) is 4.95. The number of rotatable bonds is 5. The van der Waals surface area contributed by atoms with Crippen LogP contribution in [0.3, 0.4) is 0 Å². The van der Waals surface area contributed by atoms with Crippen molar-refractivity contribution in [2.75, 3.05) is 11.9 Å². The van der Waals surface area contributed by atoms with Crippen LogP contribution in [0.1, 0.15) is 5.69 Å². The Kier molecular flexibility index (Phi) is 6.32. The molecule has 8 heteroatoms.